The third kappa shape index (κ3) is 3.99. The van der Waals surface area contributed by atoms with Crippen molar-refractivity contribution >= 4 is 28.4 Å². The second-order valence-corrected chi connectivity index (χ2v) is 6.59. The van der Waals surface area contributed by atoms with Crippen molar-refractivity contribution in [2.45, 2.75) is 32.4 Å². The molecule has 0 spiro atoms. The molecule has 23 heavy (non-hydrogen) atoms. The summed E-state index contributed by atoms with van der Waals surface area (Å²) in [6.45, 7) is 5.83. The number of carbonyl (C=O) groups is 1. The van der Waals surface area contributed by atoms with E-state index in [1.165, 1.54) is 0 Å². The van der Waals surface area contributed by atoms with Crippen molar-refractivity contribution in [3.05, 3.63) is 41.0 Å². The van der Waals surface area contributed by atoms with Crippen molar-refractivity contribution in [1.29, 1.82) is 0 Å². The fourth-order valence-electron chi connectivity index (χ4n) is 3.16. The topological polar surface area (TPSA) is 57.3 Å². The lowest BCUT2D eigenvalue weighted by Crippen LogP contribution is -2.59. The highest BCUT2D eigenvalue weighted by Gasteiger charge is 2.22. The van der Waals surface area contributed by atoms with Gasteiger partial charge in [0.15, 0.2) is 0 Å². The smallest absolute Gasteiger partial charge is 0.238 e. The zero-order chi connectivity index (χ0) is 16.4. The summed E-state index contributed by atoms with van der Waals surface area (Å²) in [5, 5.41) is 6.81. The summed E-state index contributed by atoms with van der Waals surface area (Å²) in [5.41, 5.74) is 4.71. The second-order valence-electron chi connectivity index (χ2n) is 6.21. The minimum Gasteiger partial charge on any atom is -0.309 e. The number of rotatable bonds is 3. The lowest BCUT2D eigenvalue weighted by atomic mass is 10.1. The molecule has 0 aliphatic carbocycles. The number of hydrazine groups is 1. The summed E-state index contributed by atoms with van der Waals surface area (Å²) in [7, 11) is 0. The first-order valence-corrected chi connectivity index (χ1v) is 8.23. The molecule has 122 valence electrons. The Hall–Kier alpha value is -1.69. The van der Waals surface area contributed by atoms with E-state index < -0.39 is 0 Å². The van der Waals surface area contributed by atoms with Gasteiger partial charge in [0, 0.05) is 30.6 Å². The Kier molecular flexibility index (Phi) is 4.80. The van der Waals surface area contributed by atoms with E-state index in [2.05, 4.69) is 29.6 Å². The molecule has 6 heteroatoms. The first kappa shape index (κ1) is 16.2. The number of benzene rings is 1. The Morgan fingerprint density at radius 3 is 2.78 bits per heavy atom. The second kappa shape index (κ2) is 6.83. The average Bonchev–Trinajstić information content (AvgIpc) is 2.45. The number of pyridine rings is 1. The maximum Gasteiger partial charge on any atom is 0.238 e. The van der Waals surface area contributed by atoms with E-state index in [0.29, 0.717) is 17.2 Å². The van der Waals surface area contributed by atoms with Gasteiger partial charge >= 0.3 is 0 Å². The number of nitrogens with zero attached hydrogens (tertiary/aromatic N) is 2. The lowest BCUT2D eigenvalue weighted by Gasteiger charge is -2.36. The molecule has 2 N–H and O–H groups in total. The van der Waals surface area contributed by atoms with E-state index in [1.807, 2.05) is 29.3 Å². The number of nitrogens with one attached hydrogen (secondary N) is 2. The fourth-order valence-corrected chi connectivity index (χ4v) is 3.39. The van der Waals surface area contributed by atoms with Crippen molar-refractivity contribution in [2.75, 3.05) is 13.1 Å². The molecule has 0 bridgehead atoms. The standard InChI is InChI=1S/C17H21ClN4O/c1-11-9-22(10-12(2)19-11)21-17(23)8-13-7-16(18)20-15-6-4-3-5-14(13)15/h3-7,11-12,19H,8-10H2,1-2H3,(H,21,23). The third-order valence-corrected chi connectivity index (χ3v) is 4.16. The molecule has 1 saturated heterocycles. The molecule has 2 atom stereocenters. The number of hydrogen-bond donors (Lipinski definition) is 2. The molecule has 2 aromatic rings. The van der Waals surface area contributed by atoms with Crippen molar-refractivity contribution in [1.82, 2.24) is 20.7 Å². The maximum atomic E-state index is 12.4. The Morgan fingerprint density at radius 1 is 1.35 bits per heavy atom. The highest BCUT2D eigenvalue weighted by molar-refractivity contribution is 6.30. The molecule has 0 radical (unpaired) electrons. The van der Waals surface area contributed by atoms with Crippen molar-refractivity contribution in [3.63, 3.8) is 0 Å². The highest BCUT2D eigenvalue weighted by atomic mass is 35.5. The van der Waals surface area contributed by atoms with E-state index in [-0.39, 0.29) is 12.3 Å². The molecule has 2 heterocycles. The van der Waals surface area contributed by atoms with Crippen LogP contribution in [0.4, 0.5) is 0 Å². The van der Waals surface area contributed by atoms with Gasteiger partial charge in [-0.3, -0.25) is 10.2 Å². The van der Waals surface area contributed by atoms with Crippen LogP contribution in [0.3, 0.4) is 0 Å². The minimum absolute atomic E-state index is 0.0290. The number of fused-ring (bicyclic) bond motifs is 1. The van der Waals surface area contributed by atoms with Crippen LogP contribution in [0.25, 0.3) is 10.9 Å². The van der Waals surface area contributed by atoms with Crippen LogP contribution in [-0.4, -0.2) is 41.1 Å². The van der Waals surface area contributed by atoms with Gasteiger partial charge in [-0.25, -0.2) is 9.99 Å². The summed E-state index contributed by atoms with van der Waals surface area (Å²) >= 11 is 6.08. The number of carbonyl (C=O) groups excluding carboxylic acids is 1. The van der Waals surface area contributed by atoms with Gasteiger partial charge in [-0.05, 0) is 31.5 Å². The fraction of sp³-hybridized carbons (Fsp3) is 0.412. The quantitative estimate of drug-likeness (QED) is 0.846. The molecule has 3 rings (SSSR count). The van der Waals surface area contributed by atoms with Gasteiger partial charge < -0.3 is 5.32 Å². The van der Waals surface area contributed by atoms with Crippen LogP contribution in [0, 0.1) is 0 Å². The van der Waals surface area contributed by atoms with E-state index in [4.69, 9.17) is 11.6 Å². The van der Waals surface area contributed by atoms with Gasteiger partial charge in [-0.15, -0.1) is 0 Å². The van der Waals surface area contributed by atoms with E-state index in [0.717, 1.165) is 29.6 Å². The maximum absolute atomic E-state index is 12.4. The van der Waals surface area contributed by atoms with Crippen LogP contribution in [-0.2, 0) is 11.2 Å². The Morgan fingerprint density at radius 2 is 2.04 bits per heavy atom. The molecular formula is C17H21ClN4O. The van der Waals surface area contributed by atoms with Crippen molar-refractivity contribution in [3.8, 4) is 0 Å². The molecule has 1 aliphatic heterocycles. The Balaban J connectivity index is 1.73. The first-order valence-electron chi connectivity index (χ1n) is 7.86. The summed E-state index contributed by atoms with van der Waals surface area (Å²) in [5.74, 6) is -0.0290. The van der Waals surface area contributed by atoms with Crippen LogP contribution in [0.1, 0.15) is 19.4 Å². The molecule has 0 saturated carbocycles. The lowest BCUT2D eigenvalue weighted by molar-refractivity contribution is -0.126. The van der Waals surface area contributed by atoms with Crippen LogP contribution in [0.15, 0.2) is 30.3 Å². The monoisotopic (exact) mass is 332 g/mol. The molecule has 2 unspecified atom stereocenters. The van der Waals surface area contributed by atoms with E-state index >= 15 is 0 Å². The highest BCUT2D eigenvalue weighted by Crippen LogP contribution is 2.21. The average molecular weight is 333 g/mol. The summed E-state index contributed by atoms with van der Waals surface area (Å²) < 4.78 is 0. The molecule has 1 aromatic heterocycles. The van der Waals surface area contributed by atoms with Crippen LogP contribution >= 0.6 is 11.6 Å². The molecule has 5 nitrogen and oxygen atoms in total. The minimum atomic E-state index is -0.0290. The number of hydrogen-bond acceptors (Lipinski definition) is 4. The summed E-state index contributed by atoms with van der Waals surface area (Å²) in [6.07, 6.45) is 0.287. The van der Waals surface area contributed by atoms with Gasteiger partial charge in [0.25, 0.3) is 0 Å². The zero-order valence-corrected chi connectivity index (χ0v) is 14.1. The normalized spacial score (nSPS) is 22.2. The molecule has 1 aliphatic rings. The third-order valence-electron chi connectivity index (χ3n) is 3.96. The van der Waals surface area contributed by atoms with Crippen molar-refractivity contribution in [2.24, 2.45) is 0 Å². The number of aromatic nitrogens is 1. The largest absolute Gasteiger partial charge is 0.309 e. The van der Waals surface area contributed by atoms with Gasteiger partial charge in [-0.2, -0.15) is 0 Å². The van der Waals surface area contributed by atoms with Crippen LogP contribution < -0.4 is 10.7 Å². The number of piperazine rings is 1. The SMILES string of the molecule is CC1CN(NC(=O)Cc2cc(Cl)nc3ccccc23)CC(C)N1. The summed E-state index contributed by atoms with van der Waals surface area (Å²) in [6, 6.07) is 10.2. The first-order chi connectivity index (χ1) is 11.0. The van der Waals surface area contributed by atoms with Crippen LogP contribution in [0.2, 0.25) is 5.15 Å². The number of amides is 1. The predicted octanol–water partition coefficient (Wildman–Crippen LogP) is 2.14. The Labute approximate surface area is 141 Å². The zero-order valence-electron chi connectivity index (χ0n) is 13.3. The Bertz CT molecular complexity index is 711. The van der Waals surface area contributed by atoms with Gasteiger partial charge in [-0.1, -0.05) is 29.8 Å². The predicted molar refractivity (Wildman–Crippen MR) is 92.2 cm³/mol. The van der Waals surface area contributed by atoms with E-state index in [9.17, 15) is 4.79 Å². The van der Waals surface area contributed by atoms with Gasteiger partial charge in [0.1, 0.15) is 5.15 Å². The molecule has 1 amide bonds. The summed E-state index contributed by atoms with van der Waals surface area (Å²) in [4.78, 5) is 16.7. The molecule has 1 aromatic carbocycles. The van der Waals surface area contributed by atoms with Gasteiger partial charge in [0.2, 0.25) is 5.91 Å². The number of halogens is 1. The molecular weight excluding hydrogens is 312 g/mol. The van der Waals surface area contributed by atoms with Crippen molar-refractivity contribution < 1.29 is 4.79 Å². The van der Waals surface area contributed by atoms with Crippen LogP contribution in [0.5, 0.6) is 0 Å². The van der Waals surface area contributed by atoms with E-state index in [1.54, 1.807) is 6.07 Å². The molecule has 1 fully saturated rings. The number of para-hydroxylation sites is 1. The van der Waals surface area contributed by atoms with Gasteiger partial charge in [0.05, 0.1) is 11.9 Å².